The monoisotopic (exact) mass is 286 g/mol. The zero-order chi connectivity index (χ0) is 14.8. The summed E-state index contributed by atoms with van der Waals surface area (Å²) in [5.74, 6) is 1.06. The molecule has 1 aromatic carbocycles. The third-order valence-electron chi connectivity index (χ3n) is 4.35. The summed E-state index contributed by atoms with van der Waals surface area (Å²) in [5.41, 5.74) is 0.582. The zero-order valence-corrected chi connectivity index (χ0v) is 12.3. The number of rotatable bonds is 6. The summed E-state index contributed by atoms with van der Waals surface area (Å²) < 4.78 is 0. The minimum atomic E-state index is -0.502. The molecule has 3 rings (SSSR count). The average molecular weight is 286 g/mol. The fourth-order valence-electron chi connectivity index (χ4n) is 2.76. The molecule has 1 unspecified atom stereocenters. The van der Waals surface area contributed by atoms with Crippen LogP contribution in [0, 0.1) is 11.8 Å². The number of benzene rings is 1. The number of amides is 2. The molecule has 2 aliphatic carbocycles. The van der Waals surface area contributed by atoms with Gasteiger partial charge in [-0.25, -0.2) is 0 Å². The highest BCUT2D eigenvalue weighted by atomic mass is 16.2. The second kappa shape index (κ2) is 5.88. The Kier molecular flexibility index (Phi) is 3.95. The van der Waals surface area contributed by atoms with Gasteiger partial charge in [-0.1, -0.05) is 18.2 Å². The van der Waals surface area contributed by atoms with Gasteiger partial charge in [0.1, 0.15) is 6.04 Å². The van der Waals surface area contributed by atoms with E-state index >= 15 is 0 Å². The van der Waals surface area contributed by atoms with Gasteiger partial charge in [0.15, 0.2) is 0 Å². The molecular formula is C17H22N2O2. The van der Waals surface area contributed by atoms with Crippen LogP contribution in [0.15, 0.2) is 30.3 Å². The molecule has 4 heteroatoms. The molecule has 0 aliphatic heterocycles. The predicted molar refractivity (Wildman–Crippen MR) is 80.7 cm³/mol. The van der Waals surface area contributed by atoms with Crippen LogP contribution in [0.2, 0.25) is 0 Å². The van der Waals surface area contributed by atoms with Crippen LogP contribution in [0.25, 0.3) is 0 Å². The molecule has 2 N–H and O–H groups in total. The van der Waals surface area contributed by atoms with Crippen LogP contribution in [0.4, 0.5) is 0 Å². The largest absolute Gasteiger partial charge is 0.351 e. The van der Waals surface area contributed by atoms with E-state index in [2.05, 4.69) is 10.6 Å². The topological polar surface area (TPSA) is 58.2 Å². The SMILES string of the molecule is CC(NC(=O)c1ccccc1)C(=O)NC(C1CC1)C1CC1. The first-order valence-electron chi connectivity index (χ1n) is 7.81. The predicted octanol–water partition coefficient (Wildman–Crippen LogP) is 2.11. The lowest BCUT2D eigenvalue weighted by atomic mass is 10.1. The summed E-state index contributed by atoms with van der Waals surface area (Å²) in [6.07, 6.45) is 4.91. The summed E-state index contributed by atoms with van der Waals surface area (Å²) in [5, 5.41) is 5.91. The molecule has 0 radical (unpaired) electrons. The molecule has 1 aromatic rings. The van der Waals surface area contributed by atoms with Crippen molar-refractivity contribution in [2.24, 2.45) is 11.8 Å². The van der Waals surface area contributed by atoms with Gasteiger partial charge in [0, 0.05) is 11.6 Å². The number of nitrogens with one attached hydrogen (secondary N) is 2. The second-order valence-corrected chi connectivity index (χ2v) is 6.27. The molecule has 0 spiro atoms. The molecule has 0 saturated heterocycles. The highest BCUT2D eigenvalue weighted by Crippen LogP contribution is 2.44. The van der Waals surface area contributed by atoms with Crippen LogP contribution in [0.5, 0.6) is 0 Å². The third-order valence-corrected chi connectivity index (χ3v) is 4.35. The van der Waals surface area contributed by atoms with Gasteiger partial charge in [-0.15, -0.1) is 0 Å². The van der Waals surface area contributed by atoms with E-state index in [-0.39, 0.29) is 11.8 Å². The zero-order valence-electron chi connectivity index (χ0n) is 12.3. The summed E-state index contributed by atoms with van der Waals surface area (Å²) in [6, 6.07) is 8.81. The van der Waals surface area contributed by atoms with Crippen LogP contribution in [-0.4, -0.2) is 23.9 Å². The Bertz CT molecular complexity index is 509. The number of hydrogen-bond donors (Lipinski definition) is 2. The van der Waals surface area contributed by atoms with E-state index in [1.165, 1.54) is 25.7 Å². The molecular weight excluding hydrogens is 264 g/mol. The maximum atomic E-state index is 12.3. The van der Waals surface area contributed by atoms with Gasteiger partial charge in [0.05, 0.1) is 0 Å². The van der Waals surface area contributed by atoms with Crippen molar-refractivity contribution in [3.05, 3.63) is 35.9 Å². The summed E-state index contributed by atoms with van der Waals surface area (Å²) in [4.78, 5) is 24.3. The maximum absolute atomic E-state index is 12.3. The smallest absolute Gasteiger partial charge is 0.251 e. The standard InChI is InChI=1S/C17H22N2O2/c1-11(18-17(21)14-5-3-2-4-6-14)16(20)19-15(12-7-8-12)13-9-10-13/h2-6,11-13,15H,7-10H2,1H3,(H,18,21)(H,19,20). The Morgan fingerprint density at radius 1 is 1.00 bits per heavy atom. The van der Waals surface area contributed by atoms with E-state index in [4.69, 9.17) is 0 Å². The Balaban J connectivity index is 1.53. The molecule has 112 valence electrons. The lowest BCUT2D eigenvalue weighted by Gasteiger charge is -2.21. The van der Waals surface area contributed by atoms with E-state index < -0.39 is 6.04 Å². The van der Waals surface area contributed by atoms with Crippen molar-refractivity contribution in [2.45, 2.75) is 44.7 Å². The van der Waals surface area contributed by atoms with Crippen LogP contribution in [-0.2, 0) is 4.79 Å². The van der Waals surface area contributed by atoms with Crippen molar-refractivity contribution >= 4 is 11.8 Å². The van der Waals surface area contributed by atoms with Crippen molar-refractivity contribution in [3.63, 3.8) is 0 Å². The van der Waals surface area contributed by atoms with Gasteiger partial charge in [0.25, 0.3) is 5.91 Å². The van der Waals surface area contributed by atoms with E-state index in [1.807, 2.05) is 18.2 Å². The third kappa shape index (κ3) is 3.63. The minimum absolute atomic E-state index is 0.0666. The molecule has 0 heterocycles. The molecule has 0 aromatic heterocycles. The first-order valence-corrected chi connectivity index (χ1v) is 7.81. The van der Waals surface area contributed by atoms with Gasteiger partial charge in [-0.05, 0) is 56.6 Å². The molecule has 2 fully saturated rings. The minimum Gasteiger partial charge on any atom is -0.351 e. The fourth-order valence-corrected chi connectivity index (χ4v) is 2.76. The van der Waals surface area contributed by atoms with Crippen molar-refractivity contribution in [2.75, 3.05) is 0 Å². The summed E-state index contributed by atoms with van der Waals surface area (Å²) in [6.45, 7) is 1.74. The highest BCUT2D eigenvalue weighted by molar-refractivity contribution is 5.97. The molecule has 2 saturated carbocycles. The first-order chi connectivity index (χ1) is 10.1. The lowest BCUT2D eigenvalue weighted by Crippen LogP contribution is -2.49. The van der Waals surface area contributed by atoms with Crippen molar-refractivity contribution in [1.82, 2.24) is 10.6 Å². The van der Waals surface area contributed by atoms with Gasteiger partial charge < -0.3 is 10.6 Å². The maximum Gasteiger partial charge on any atom is 0.251 e. The summed E-state index contributed by atoms with van der Waals surface area (Å²) >= 11 is 0. The highest BCUT2D eigenvalue weighted by Gasteiger charge is 2.42. The fraction of sp³-hybridized carbons (Fsp3) is 0.529. The van der Waals surface area contributed by atoms with Crippen LogP contribution >= 0.6 is 0 Å². The van der Waals surface area contributed by atoms with Crippen LogP contribution < -0.4 is 10.6 Å². The Morgan fingerprint density at radius 2 is 1.57 bits per heavy atom. The second-order valence-electron chi connectivity index (χ2n) is 6.27. The van der Waals surface area contributed by atoms with Crippen LogP contribution in [0.3, 0.4) is 0 Å². The van der Waals surface area contributed by atoms with Gasteiger partial charge in [-0.2, -0.15) is 0 Å². The Labute approximate surface area is 125 Å². The molecule has 2 aliphatic rings. The van der Waals surface area contributed by atoms with Gasteiger partial charge in [-0.3, -0.25) is 9.59 Å². The Morgan fingerprint density at radius 3 is 2.10 bits per heavy atom. The van der Waals surface area contributed by atoms with Gasteiger partial charge >= 0.3 is 0 Å². The van der Waals surface area contributed by atoms with Gasteiger partial charge in [0.2, 0.25) is 5.91 Å². The van der Waals surface area contributed by atoms with Crippen molar-refractivity contribution in [3.8, 4) is 0 Å². The van der Waals surface area contributed by atoms with Crippen LogP contribution in [0.1, 0.15) is 43.0 Å². The normalized spacial score (nSPS) is 19.1. The molecule has 21 heavy (non-hydrogen) atoms. The average Bonchev–Trinajstić information content (AvgIpc) is 3.38. The van der Waals surface area contributed by atoms with Crippen molar-refractivity contribution < 1.29 is 9.59 Å². The molecule has 1 atom stereocenters. The Hall–Kier alpha value is -1.84. The number of carbonyl (C=O) groups excluding carboxylic acids is 2. The van der Waals surface area contributed by atoms with Crippen molar-refractivity contribution in [1.29, 1.82) is 0 Å². The first kappa shape index (κ1) is 14.1. The van der Waals surface area contributed by atoms with E-state index in [9.17, 15) is 9.59 Å². The number of hydrogen-bond acceptors (Lipinski definition) is 2. The van der Waals surface area contributed by atoms with E-state index in [0.717, 1.165) is 0 Å². The molecule has 4 nitrogen and oxygen atoms in total. The molecule has 0 bridgehead atoms. The van der Waals surface area contributed by atoms with E-state index in [0.29, 0.717) is 23.4 Å². The summed E-state index contributed by atoms with van der Waals surface area (Å²) in [7, 11) is 0. The number of carbonyl (C=O) groups is 2. The lowest BCUT2D eigenvalue weighted by molar-refractivity contribution is -0.123. The van der Waals surface area contributed by atoms with E-state index in [1.54, 1.807) is 19.1 Å². The molecule has 2 amide bonds. The quantitative estimate of drug-likeness (QED) is 0.841.